The van der Waals surface area contributed by atoms with Crippen molar-refractivity contribution < 1.29 is 23.7 Å². The number of carbonyl (C=O) groups is 1. The fourth-order valence-electron chi connectivity index (χ4n) is 2.54. The summed E-state index contributed by atoms with van der Waals surface area (Å²) in [6, 6.07) is 12.6. The van der Waals surface area contributed by atoms with E-state index in [1.165, 1.54) is 7.11 Å². The van der Waals surface area contributed by atoms with Crippen molar-refractivity contribution in [1.29, 1.82) is 0 Å². The third-order valence-electron chi connectivity index (χ3n) is 3.88. The molecule has 3 rings (SSSR count). The van der Waals surface area contributed by atoms with Crippen molar-refractivity contribution in [3.8, 4) is 28.5 Å². The van der Waals surface area contributed by atoms with Crippen LogP contribution in [0.15, 0.2) is 42.5 Å². The number of benzene rings is 2. The summed E-state index contributed by atoms with van der Waals surface area (Å²) in [4.78, 5) is 12.9. The van der Waals surface area contributed by atoms with E-state index in [1.807, 2.05) is 24.3 Å². The van der Waals surface area contributed by atoms with Gasteiger partial charge in [-0.2, -0.15) is 0 Å². The highest BCUT2D eigenvalue weighted by Crippen LogP contribution is 2.32. The van der Waals surface area contributed by atoms with Crippen LogP contribution in [0.25, 0.3) is 11.3 Å². The Morgan fingerprint density at radius 2 is 1.78 bits per heavy atom. The zero-order valence-electron chi connectivity index (χ0n) is 15.1. The Kier molecular flexibility index (Phi) is 5.87. The van der Waals surface area contributed by atoms with Crippen LogP contribution in [0.4, 0.5) is 0 Å². The molecule has 3 aromatic rings. The number of carbonyl (C=O) groups excluding carboxylic acids is 1. The lowest BCUT2D eigenvalue weighted by Gasteiger charge is -2.12. The second-order valence-corrected chi connectivity index (χ2v) is 6.16. The molecule has 0 atom stereocenters. The Balaban J connectivity index is 1.77. The molecule has 1 heterocycles. The van der Waals surface area contributed by atoms with Gasteiger partial charge in [-0.1, -0.05) is 16.6 Å². The van der Waals surface area contributed by atoms with Gasteiger partial charge in [-0.15, -0.1) is 5.10 Å². The largest absolute Gasteiger partial charge is 0.497 e. The van der Waals surface area contributed by atoms with E-state index in [2.05, 4.69) is 9.59 Å². The van der Waals surface area contributed by atoms with E-state index in [0.29, 0.717) is 27.6 Å². The second kappa shape index (κ2) is 8.50. The zero-order valence-corrected chi connectivity index (χ0v) is 15.9. The molecule has 0 bridgehead atoms. The highest BCUT2D eigenvalue weighted by molar-refractivity contribution is 7.08. The van der Waals surface area contributed by atoms with E-state index in [9.17, 15) is 4.79 Å². The fraction of sp³-hybridized carbons (Fsp3) is 0.211. The number of nitrogens with zero attached hydrogens (tertiary/aromatic N) is 2. The third kappa shape index (κ3) is 4.01. The number of hydrogen-bond acceptors (Lipinski definition) is 8. The van der Waals surface area contributed by atoms with Gasteiger partial charge in [0.2, 0.25) is 0 Å². The van der Waals surface area contributed by atoms with Crippen LogP contribution in [0.1, 0.15) is 15.2 Å². The zero-order chi connectivity index (χ0) is 19.2. The quantitative estimate of drug-likeness (QED) is 0.574. The van der Waals surface area contributed by atoms with Gasteiger partial charge in [0.05, 0.1) is 21.3 Å². The Bertz CT molecular complexity index is 924. The molecule has 1 aromatic heterocycles. The maximum Gasteiger partial charge on any atom is 0.352 e. The van der Waals surface area contributed by atoms with Gasteiger partial charge in [-0.3, -0.25) is 0 Å². The fourth-order valence-corrected chi connectivity index (χ4v) is 3.12. The van der Waals surface area contributed by atoms with E-state index in [-0.39, 0.29) is 6.61 Å². The van der Waals surface area contributed by atoms with E-state index in [4.69, 9.17) is 18.9 Å². The average molecular weight is 386 g/mol. The second-order valence-electron chi connectivity index (χ2n) is 5.41. The summed E-state index contributed by atoms with van der Waals surface area (Å²) in [5, 5.41) is 4.06. The summed E-state index contributed by atoms with van der Waals surface area (Å²) >= 11 is 0.992. The number of aromatic nitrogens is 2. The summed E-state index contributed by atoms with van der Waals surface area (Å²) in [5.74, 6) is 1.33. The van der Waals surface area contributed by atoms with Crippen molar-refractivity contribution in [3.05, 3.63) is 52.9 Å². The summed E-state index contributed by atoms with van der Waals surface area (Å²) in [6.45, 7) is 0.0408. The normalized spacial score (nSPS) is 10.3. The van der Waals surface area contributed by atoms with Crippen LogP contribution in [0.5, 0.6) is 17.2 Å². The highest BCUT2D eigenvalue weighted by Gasteiger charge is 2.20. The van der Waals surface area contributed by atoms with Crippen LogP contribution >= 0.6 is 11.5 Å². The van der Waals surface area contributed by atoms with E-state index < -0.39 is 5.97 Å². The molecule has 27 heavy (non-hydrogen) atoms. The third-order valence-corrected chi connectivity index (χ3v) is 4.59. The number of hydrogen-bond donors (Lipinski definition) is 0. The predicted octanol–water partition coefficient (Wildman–Crippen LogP) is 3.59. The Labute approximate surface area is 160 Å². The minimum Gasteiger partial charge on any atom is -0.497 e. The maximum atomic E-state index is 12.6. The van der Waals surface area contributed by atoms with Crippen molar-refractivity contribution >= 4 is 17.5 Å². The lowest BCUT2D eigenvalue weighted by Crippen LogP contribution is -2.06. The van der Waals surface area contributed by atoms with Crippen molar-refractivity contribution in [2.75, 3.05) is 21.3 Å². The lowest BCUT2D eigenvalue weighted by molar-refractivity contribution is 0.0476. The van der Waals surface area contributed by atoms with Crippen molar-refractivity contribution in [2.45, 2.75) is 6.61 Å². The molecule has 0 spiro atoms. The number of ether oxygens (including phenoxy) is 4. The van der Waals surface area contributed by atoms with Crippen molar-refractivity contribution in [1.82, 2.24) is 9.59 Å². The lowest BCUT2D eigenvalue weighted by atomic mass is 10.1. The molecular formula is C19H18N2O5S. The van der Waals surface area contributed by atoms with Crippen LogP contribution < -0.4 is 14.2 Å². The van der Waals surface area contributed by atoms with Gasteiger partial charge in [0.15, 0.2) is 16.4 Å². The summed E-state index contributed by atoms with van der Waals surface area (Å²) < 4.78 is 25.1. The first-order valence-corrected chi connectivity index (χ1v) is 8.79. The molecule has 0 saturated carbocycles. The standard InChI is InChI=1S/C19H18N2O5S/c1-23-14-9-7-12(8-10-14)16-18(27-21-20-16)19(22)26-11-13-5-4-6-15(24-2)17(13)25-3/h4-10H,11H2,1-3H3. The number of rotatable bonds is 7. The van der Waals surface area contributed by atoms with Crippen LogP contribution in [0, 0.1) is 0 Å². The summed E-state index contributed by atoms with van der Waals surface area (Å²) in [6.07, 6.45) is 0. The predicted molar refractivity (Wildman–Crippen MR) is 101 cm³/mol. The molecular weight excluding hydrogens is 368 g/mol. The molecule has 0 N–H and O–H groups in total. The van der Waals surface area contributed by atoms with Gasteiger partial charge in [-0.25, -0.2) is 4.79 Å². The van der Waals surface area contributed by atoms with Gasteiger partial charge in [0.1, 0.15) is 18.1 Å². The van der Waals surface area contributed by atoms with Gasteiger partial charge in [0, 0.05) is 11.1 Å². The summed E-state index contributed by atoms with van der Waals surface area (Å²) in [5.41, 5.74) is 1.94. The minimum atomic E-state index is -0.499. The number of para-hydroxylation sites is 1. The Morgan fingerprint density at radius 1 is 1.00 bits per heavy atom. The molecule has 0 aliphatic carbocycles. The smallest absolute Gasteiger partial charge is 0.352 e. The van der Waals surface area contributed by atoms with E-state index in [0.717, 1.165) is 22.8 Å². The molecule has 0 aliphatic rings. The first-order chi connectivity index (χ1) is 13.2. The molecule has 0 amide bonds. The van der Waals surface area contributed by atoms with Gasteiger partial charge >= 0.3 is 5.97 Å². The molecule has 7 nitrogen and oxygen atoms in total. The molecule has 0 fully saturated rings. The Hall–Kier alpha value is -3.13. The van der Waals surface area contributed by atoms with E-state index in [1.54, 1.807) is 32.4 Å². The molecule has 140 valence electrons. The Morgan fingerprint density at radius 3 is 2.44 bits per heavy atom. The van der Waals surface area contributed by atoms with Gasteiger partial charge in [0.25, 0.3) is 0 Å². The number of methoxy groups -OCH3 is 3. The summed E-state index contributed by atoms with van der Waals surface area (Å²) in [7, 11) is 4.69. The van der Waals surface area contributed by atoms with Gasteiger partial charge in [-0.05, 0) is 41.9 Å². The molecule has 8 heteroatoms. The first-order valence-electron chi connectivity index (χ1n) is 8.01. The van der Waals surface area contributed by atoms with Crippen molar-refractivity contribution in [3.63, 3.8) is 0 Å². The topological polar surface area (TPSA) is 79.8 Å². The van der Waals surface area contributed by atoms with Crippen LogP contribution in [-0.2, 0) is 11.3 Å². The monoisotopic (exact) mass is 386 g/mol. The molecule has 0 saturated heterocycles. The van der Waals surface area contributed by atoms with E-state index >= 15 is 0 Å². The maximum absolute atomic E-state index is 12.6. The average Bonchev–Trinajstić information content (AvgIpc) is 3.21. The minimum absolute atomic E-state index is 0.0408. The molecule has 0 radical (unpaired) electrons. The molecule has 0 unspecified atom stereocenters. The van der Waals surface area contributed by atoms with Crippen LogP contribution in [0.3, 0.4) is 0 Å². The number of esters is 1. The van der Waals surface area contributed by atoms with Gasteiger partial charge < -0.3 is 18.9 Å². The molecule has 2 aromatic carbocycles. The van der Waals surface area contributed by atoms with Crippen LogP contribution in [0.2, 0.25) is 0 Å². The highest BCUT2D eigenvalue weighted by atomic mass is 32.1. The molecule has 0 aliphatic heterocycles. The van der Waals surface area contributed by atoms with Crippen LogP contribution in [-0.4, -0.2) is 36.9 Å². The first kappa shape index (κ1) is 18.7. The van der Waals surface area contributed by atoms with Crippen molar-refractivity contribution in [2.24, 2.45) is 0 Å². The SMILES string of the molecule is COc1ccc(-c2nnsc2C(=O)OCc2cccc(OC)c2OC)cc1.